The molecule has 0 aliphatic heterocycles. The molecule has 0 aromatic heterocycles. The zero-order valence-electron chi connectivity index (χ0n) is 58.3. The summed E-state index contributed by atoms with van der Waals surface area (Å²) < 4.78 is 30.5. The average molecular weight is 1260 g/mol. The van der Waals surface area contributed by atoms with Gasteiger partial charge in [-0.25, -0.2) is 0 Å². The minimum absolute atomic E-state index is 0.0301. The van der Waals surface area contributed by atoms with Gasteiger partial charge < -0.3 is 28.5 Å². The molecule has 9 nitrogen and oxygen atoms in total. The van der Waals surface area contributed by atoms with Gasteiger partial charge >= 0.3 is 5.97 Å². The number of nitrogens with zero attached hydrogens (tertiary/aromatic N) is 1. The molecule has 1 amide bonds. The van der Waals surface area contributed by atoms with Crippen molar-refractivity contribution < 1.29 is 37.3 Å². The standard InChI is InChI=1S/C79H137N2O7P/c1-7-10-13-16-19-22-25-27-29-31-33-35-37-39-40-42-44-46-48-50-52-54-57-60-63-66-69-72-79(83)88-77(70-67-64-61-58-55-24-21-18-15-12-9-3)76(75-87-89(84,85)86-74-73-81(4,5)6)80-78(82)71-68-65-62-59-56-53-51-49-47-45-43-41-38-36-34-32-30-28-26-23-20-17-14-11-8-2/h10-11,13-14,19-20,22-23,27-30,33-36,39-41,43,67,70,76-77H,7-9,12,15-18,21,24-26,31-32,37-38,42,44-66,68-69,71-75H2,1-6H3,(H-,80,82,84,85)/b13-10-,14-11-,22-19-,23-20-,29-27-,30-28-,35-33-,36-34-,40-39-,43-41-,70-67+. The summed E-state index contributed by atoms with van der Waals surface area (Å²) in [4.78, 5) is 40.2. The number of esters is 1. The quantitative estimate of drug-likeness (QED) is 0.0212. The Morgan fingerprint density at radius 1 is 0.404 bits per heavy atom. The molecule has 0 fully saturated rings. The molecule has 0 bridgehead atoms. The fourth-order valence-electron chi connectivity index (χ4n) is 10.0. The van der Waals surface area contributed by atoms with E-state index in [1.165, 1.54) is 122 Å². The number of hydrogen-bond donors (Lipinski definition) is 1. The van der Waals surface area contributed by atoms with E-state index in [4.69, 9.17) is 13.8 Å². The third-order valence-corrected chi connectivity index (χ3v) is 16.5. The molecular formula is C79H137N2O7P. The second kappa shape index (κ2) is 67.1. The number of ether oxygens (including phenoxy) is 1. The second-order valence-electron chi connectivity index (χ2n) is 25.3. The zero-order chi connectivity index (χ0) is 64.9. The summed E-state index contributed by atoms with van der Waals surface area (Å²) in [5.41, 5.74) is 0. The smallest absolute Gasteiger partial charge is 0.306 e. The summed E-state index contributed by atoms with van der Waals surface area (Å²) in [6.45, 7) is 6.61. The molecular weight excluding hydrogens is 1120 g/mol. The van der Waals surface area contributed by atoms with Crippen molar-refractivity contribution in [3.05, 3.63) is 134 Å². The predicted molar refractivity (Wildman–Crippen MR) is 385 cm³/mol. The maximum atomic E-state index is 13.6. The molecule has 510 valence electrons. The van der Waals surface area contributed by atoms with Crippen molar-refractivity contribution in [2.45, 2.75) is 315 Å². The van der Waals surface area contributed by atoms with Gasteiger partial charge in [0, 0.05) is 12.8 Å². The van der Waals surface area contributed by atoms with Crippen molar-refractivity contribution in [2.24, 2.45) is 0 Å². The van der Waals surface area contributed by atoms with E-state index in [-0.39, 0.29) is 24.9 Å². The average Bonchev–Trinajstić information content (AvgIpc) is 3.71. The molecule has 0 radical (unpaired) electrons. The molecule has 10 heteroatoms. The van der Waals surface area contributed by atoms with Crippen molar-refractivity contribution in [1.29, 1.82) is 0 Å². The lowest BCUT2D eigenvalue weighted by Crippen LogP contribution is -2.47. The topological polar surface area (TPSA) is 114 Å². The first-order valence-electron chi connectivity index (χ1n) is 36.5. The summed E-state index contributed by atoms with van der Waals surface area (Å²) in [6, 6.07) is -0.903. The van der Waals surface area contributed by atoms with E-state index < -0.39 is 26.6 Å². The number of phosphoric ester groups is 1. The highest BCUT2D eigenvalue weighted by Crippen LogP contribution is 2.38. The number of phosphoric acid groups is 1. The Morgan fingerprint density at radius 2 is 0.719 bits per heavy atom. The SMILES string of the molecule is CC/C=C\C/C=C\C/C=C\C/C=C\C/C=C\CCCCCCCCCCCCCC(=O)OC(/C=C/CCCCCCCCCCC)C(COP(=O)([O-])OCC[N+](C)(C)C)NC(=O)CCCCCCCCCCC/C=C\C/C=C\C/C=C\C/C=C\C/C=C\CC. The van der Waals surface area contributed by atoms with Gasteiger partial charge in [0.05, 0.1) is 33.8 Å². The third-order valence-electron chi connectivity index (χ3n) is 15.6. The first kappa shape index (κ1) is 85.2. The fraction of sp³-hybridized carbons (Fsp3) is 0.696. The number of hydrogen-bond acceptors (Lipinski definition) is 7. The number of carbonyl (C=O) groups is 2. The molecule has 0 aromatic rings. The van der Waals surface area contributed by atoms with Crippen LogP contribution >= 0.6 is 7.82 Å². The summed E-state index contributed by atoms with van der Waals surface area (Å²) >= 11 is 0. The molecule has 1 N–H and O–H groups in total. The lowest BCUT2D eigenvalue weighted by Gasteiger charge is -2.30. The molecule has 3 atom stereocenters. The highest BCUT2D eigenvalue weighted by atomic mass is 31.2. The van der Waals surface area contributed by atoms with Crippen LogP contribution in [0.25, 0.3) is 0 Å². The molecule has 3 unspecified atom stereocenters. The highest BCUT2D eigenvalue weighted by molar-refractivity contribution is 7.45. The first-order valence-corrected chi connectivity index (χ1v) is 38.0. The Bertz CT molecular complexity index is 1990. The van der Waals surface area contributed by atoms with Crippen LogP contribution in [-0.2, 0) is 27.9 Å². The minimum Gasteiger partial charge on any atom is -0.756 e. The summed E-state index contributed by atoms with van der Waals surface area (Å²) in [5.74, 6) is -0.554. The van der Waals surface area contributed by atoms with Gasteiger partial charge in [-0.15, -0.1) is 0 Å². The van der Waals surface area contributed by atoms with Crippen LogP contribution in [0.4, 0.5) is 0 Å². The van der Waals surface area contributed by atoms with Gasteiger partial charge in [0.15, 0.2) is 0 Å². The Balaban J connectivity index is 5.01. The Kier molecular flexibility index (Phi) is 64.2. The molecule has 0 aliphatic rings. The van der Waals surface area contributed by atoms with Crippen LogP contribution in [0.5, 0.6) is 0 Å². The Labute approximate surface area is 549 Å². The molecule has 0 heterocycles. The maximum Gasteiger partial charge on any atom is 0.306 e. The molecule has 0 rings (SSSR count). The van der Waals surface area contributed by atoms with Gasteiger partial charge in [-0.05, 0) is 122 Å². The van der Waals surface area contributed by atoms with E-state index in [0.29, 0.717) is 17.4 Å². The van der Waals surface area contributed by atoms with E-state index >= 15 is 0 Å². The third kappa shape index (κ3) is 68.4. The van der Waals surface area contributed by atoms with Crippen LogP contribution in [0.2, 0.25) is 0 Å². The van der Waals surface area contributed by atoms with Crippen LogP contribution in [0, 0.1) is 0 Å². The van der Waals surface area contributed by atoms with E-state index in [0.717, 1.165) is 148 Å². The minimum atomic E-state index is -4.72. The fourth-order valence-corrected chi connectivity index (χ4v) is 10.8. The van der Waals surface area contributed by atoms with E-state index in [1.807, 2.05) is 33.3 Å². The van der Waals surface area contributed by atoms with Crippen molar-refractivity contribution >= 4 is 19.7 Å². The number of carbonyl (C=O) groups excluding carboxylic acids is 2. The van der Waals surface area contributed by atoms with Gasteiger partial charge in [0.2, 0.25) is 5.91 Å². The van der Waals surface area contributed by atoms with Gasteiger partial charge in [0.25, 0.3) is 7.82 Å². The lowest BCUT2D eigenvalue weighted by molar-refractivity contribution is -0.870. The molecule has 0 saturated heterocycles. The number of rotatable bonds is 65. The Morgan fingerprint density at radius 3 is 1.08 bits per heavy atom. The van der Waals surface area contributed by atoms with Crippen molar-refractivity contribution in [1.82, 2.24) is 5.32 Å². The molecule has 0 aromatic carbocycles. The van der Waals surface area contributed by atoms with E-state index in [2.05, 4.69) is 148 Å². The van der Waals surface area contributed by atoms with Crippen molar-refractivity contribution in [3.8, 4) is 0 Å². The first-order chi connectivity index (χ1) is 43.4. The molecule has 89 heavy (non-hydrogen) atoms. The number of likely N-dealkylation sites (N-methyl/N-ethyl adjacent to an activating group) is 1. The van der Waals surface area contributed by atoms with Crippen LogP contribution in [0.15, 0.2) is 134 Å². The Hall–Kier alpha value is -3.85. The molecule has 0 saturated carbocycles. The van der Waals surface area contributed by atoms with E-state index in [1.54, 1.807) is 0 Å². The van der Waals surface area contributed by atoms with E-state index in [9.17, 15) is 19.0 Å². The number of allylic oxidation sites excluding steroid dienone is 21. The van der Waals surface area contributed by atoms with Gasteiger partial charge in [-0.3, -0.25) is 14.2 Å². The number of quaternary nitrogens is 1. The zero-order valence-corrected chi connectivity index (χ0v) is 59.2. The predicted octanol–water partition coefficient (Wildman–Crippen LogP) is 22.9. The largest absolute Gasteiger partial charge is 0.756 e. The molecule has 0 aliphatic carbocycles. The normalized spacial score (nSPS) is 14.3. The maximum absolute atomic E-state index is 13.6. The summed E-state index contributed by atoms with van der Waals surface area (Å²) in [6.07, 6.45) is 95.8. The number of amides is 1. The molecule has 0 spiro atoms. The second-order valence-corrected chi connectivity index (χ2v) is 26.7. The van der Waals surface area contributed by atoms with Crippen LogP contribution in [0.1, 0.15) is 303 Å². The van der Waals surface area contributed by atoms with Gasteiger partial charge in [-0.1, -0.05) is 302 Å². The van der Waals surface area contributed by atoms with Crippen molar-refractivity contribution in [2.75, 3.05) is 40.9 Å². The number of nitrogens with one attached hydrogen (secondary N) is 1. The van der Waals surface area contributed by atoms with Gasteiger partial charge in [0.1, 0.15) is 19.3 Å². The number of unbranched alkanes of at least 4 members (excludes halogenated alkanes) is 29. The van der Waals surface area contributed by atoms with Crippen LogP contribution in [-0.4, -0.2) is 69.4 Å². The lowest BCUT2D eigenvalue weighted by atomic mass is 10.0. The monoisotopic (exact) mass is 1260 g/mol. The highest BCUT2D eigenvalue weighted by Gasteiger charge is 2.27. The van der Waals surface area contributed by atoms with Gasteiger partial charge in [-0.2, -0.15) is 0 Å². The summed E-state index contributed by atoms with van der Waals surface area (Å²) in [5, 5.41) is 3.04. The van der Waals surface area contributed by atoms with Crippen molar-refractivity contribution in [3.63, 3.8) is 0 Å². The van der Waals surface area contributed by atoms with Crippen LogP contribution < -0.4 is 10.2 Å². The summed E-state index contributed by atoms with van der Waals surface area (Å²) in [7, 11) is 1.17. The van der Waals surface area contributed by atoms with Crippen LogP contribution in [0.3, 0.4) is 0 Å².